The molecule has 9 heteroatoms. The highest BCUT2D eigenvalue weighted by Crippen LogP contribution is 2.40. The number of anilines is 1. The Morgan fingerprint density at radius 2 is 1.89 bits per heavy atom. The maximum absolute atomic E-state index is 13.8. The molecular weight excluding hydrogens is 471 g/mol. The summed E-state index contributed by atoms with van der Waals surface area (Å²) in [6.45, 7) is 1.80. The monoisotopic (exact) mass is 490 g/mol. The highest BCUT2D eigenvalue weighted by molar-refractivity contribution is 6.32. The normalized spacial score (nSPS) is 15.8. The molecule has 1 atom stereocenters. The number of ether oxygens (including phenoxy) is 1. The zero-order valence-electron chi connectivity index (χ0n) is 18.8. The van der Waals surface area contributed by atoms with Crippen LogP contribution in [0.1, 0.15) is 24.4 Å². The summed E-state index contributed by atoms with van der Waals surface area (Å²) in [6.07, 6.45) is 0. The van der Waals surface area contributed by atoms with E-state index in [0.29, 0.717) is 33.3 Å². The molecule has 0 fully saturated rings. The van der Waals surface area contributed by atoms with Gasteiger partial charge in [0.05, 0.1) is 29.4 Å². The van der Waals surface area contributed by atoms with Crippen LogP contribution in [0, 0.1) is 5.82 Å². The zero-order valence-corrected chi connectivity index (χ0v) is 19.6. The van der Waals surface area contributed by atoms with Gasteiger partial charge in [-0.1, -0.05) is 59.2 Å². The summed E-state index contributed by atoms with van der Waals surface area (Å²) < 4.78 is 24.6. The predicted octanol–water partition coefficient (Wildman–Crippen LogP) is 6.24. The molecule has 3 aromatic carbocycles. The molecule has 1 aliphatic heterocycles. The molecule has 0 spiro atoms. The van der Waals surface area contributed by atoms with Crippen molar-refractivity contribution in [3.05, 3.63) is 101 Å². The molecule has 1 aliphatic rings. The second kappa shape index (κ2) is 9.23. The third kappa shape index (κ3) is 4.24. The van der Waals surface area contributed by atoms with Gasteiger partial charge in [0, 0.05) is 11.3 Å². The van der Waals surface area contributed by atoms with Crippen molar-refractivity contribution in [1.82, 2.24) is 15.5 Å². The van der Waals surface area contributed by atoms with Gasteiger partial charge in [-0.3, -0.25) is 4.90 Å². The van der Waals surface area contributed by atoms with Crippen molar-refractivity contribution < 1.29 is 18.4 Å². The van der Waals surface area contributed by atoms with E-state index in [1.54, 1.807) is 37.3 Å². The summed E-state index contributed by atoms with van der Waals surface area (Å²) >= 11 is 6.34. The highest BCUT2D eigenvalue weighted by Gasteiger charge is 2.36. The molecule has 1 unspecified atom stereocenters. The van der Waals surface area contributed by atoms with E-state index in [0.717, 1.165) is 5.56 Å². The molecule has 0 bridgehead atoms. The second-order valence-electron chi connectivity index (χ2n) is 7.88. The van der Waals surface area contributed by atoms with Gasteiger partial charge in [-0.2, -0.15) is 4.98 Å². The number of amides is 2. The summed E-state index contributed by atoms with van der Waals surface area (Å²) in [4.78, 5) is 19.3. The van der Waals surface area contributed by atoms with E-state index < -0.39 is 11.9 Å². The maximum Gasteiger partial charge on any atom is 0.326 e. The number of benzene rings is 3. The Morgan fingerprint density at radius 3 is 2.60 bits per heavy atom. The molecule has 0 saturated carbocycles. The maximum atomic E-state index is 13.8. The lowest BCUT2D eigenvalue weighted by Gasteiger charge is -2.35. The van der Waals surface area contributed by atoms with Gasteiger partial charge in [0.2, 0.25) is 5.82 Å². The number of allylic oxidation sites excluding steroid dienone is 1. The van der Waals surface area contributed by atoms with Crippen molar-refractivity contribution in [1.29, 1.82) is 0 Å². The number of nitrogens with one attached hydrogen (secondary N) is 1. The molecule has 2 heterocycles. The van der Waals surface area contributed by atoms with Crippen molar-refractivity contribution in [3.63, 3.8) is 0 Å². The lowest BCUT2D eigenvalue weighted by molar-refractivity contribution is 0.244. The van der Waals surface area contributed by atoms with Gasteiger partial charge in [-0.25, -0.2) is 9.18 Å². The topological polar surface area (TPSA) is 80.5 Å². The standard InChI is InChI=1S/C26H20ClFN4O3/c1-15-22(25-30-24(31-35-25)17-9-6-10-18(28)13-17)23(16-7-4-3-5-8-16)29-26(33)32(15)19-11-12-21(34-2)20(27)14-19/h3-14,23H,1-2H3,(H,29,33). The Bertz CT molecular complexity index is 1440. The van der Waals surface area contributed by atoms with Crippen LogP contribution in [0.15, 0.2) is 83.0 Å². The summed E-state index contributed by atoms with van der Waals surface area (Å²) in [5.74, 6) is 0.537. The summed E-state index contributed by atoms with van der Waals surface area (Å²) in [6, 6.07) is 19.6. The van der Waals surface area contributed by atoms with Crippen molar-refractivity contribution >= 4 is 28.9 Å². The van der Waals surface area contributed by atoms with Crippen LogP contribution in [0.4, 0.5) is 14.9 Å². The van der Waals surface area contributed by atoms with Gasteiger partial charge >= 0.3 is 6.03 Å². The minimum atomic E-state index is -0.547. The van der Waals surface area contributed by atoms with E-state index in [1.807, 2.05) is 30.3 Å². The molecular formula is C26H20ClFN4O3. The fourth-order valence-electron chi connectivity index (χ4n) is 4.10. The second-order valence-corrected chi connectivity index (χ2v) is 8.29. The van der Waals surface area contributed by atoms with Crippen LogP contribution in [-0.2, 0) is 0 Å². The van der Waals surface area contributed by atoms with Crippen molar-refractivity contribution in [2.45, 2.75) is 13.0 Å². The Hall–Kier alpha value is -4.17. The molecule has 35 heavy (non-hydrogen) atoms. The van der Waals surface area contributed by atoms with Crippen LogP contribution < -0.4 is 15.0 Å². The molecule has 1 N–H and O–H groups in total. The number of rotatable bonds is 5. The Morgan fingerprint density at radius 1 is 1.09 bits per heavy atom. The Balaban J connectivity index is 1.65. The average Bonchev–Trinajstić information content (AvgIpc) is 3.34. The summed E-state index contributed by atoms with van der Waals surface area (Å²) in [5.41, 5.74) is 3.05. The highest BCUT2D eigenvalue weighted by atomic mass is 35.5. The van der Waals surface area contributed by atoms with Crippen LogP contribution in [0.5, 0.6) is 5.75 Å². The van der Waals surface area contributed by atoms with Crippen LogP contribution >= 0.6 is 11.6 Å². The number of hydrogen-bond acceptors (Lipinski definition) is 5. The molecule has 4 aromatic rings. The molecule has 1 aromatic heterocycles. The fourth-order valence-corrected chi connectivity index (χ4v) is 4.35. The smallest absolute Gasteiger partial charge is 0.326 e. The number of nitrogens with zero attached hydrogens (tertiary/aromatic N) is 3. The van der Waals surface area contributed by atoms with Gasteiger partial charge in [0.1, 0.15) is 11.6 Å². The average molecular weight is 491 g/mol. The fraction of sp³-hybridized carbons (Fsp3) is 0.115. The molecule has 5 rings (SSSR count). The lowest BCUT2D eigenvalue weighted by Crippen LogP contribution is -2.46. The quantitative estimate of drug-likeness (QED) is 0.358. The van der Waals surface area contributed by atoms with E-state index in [-0.39, 0.29) is 17.7 Å². The van der Waals surface area contributed by atoms with Crippen molar-refractivity contribution in [3.8, 4) is 17.1 Å². The number of carbonyl (C=O) groups is 1. The van der Waals surface area contributed by atoms with Gasteiger partial charge in [-0.05, 0) is 42.8 Å². The van der Waals surface area contributed by atoms with Gasteiger partial charge in [-0.15, -0.1) is 0 Å². The van der Waals surface area contributed by atoms with E-state index in [4.69, 9.17) is 20.9 Å². The van der Waals surface area contributed by atoms with E-state index >= 15 is 0 Å². The summed E-state index contributed by atoms with van der Waals surface area (Å²) in [5, 5.41) is 7.46. The van der Waals surface area contributed by atoms with Crippen molar-refractivity contribution in [2.24, 2.45) is 0 Å². The Kier molecular flexibility index (Phi) is 5.96. The Labute approximate surface area is 205 Å². The van der Waals surface area contributed by atoms with Crippen LogP contribution in [0.2, 0.25) is 5.02 Å². The molecule has 0 radical (unpaired) electrons. The van der Waals surface area contributed by atoms with E-state index in [2.05, 4.69) is 15.5 Å². The lowest BCUT2D eigenvalue weighted by atomic mass is 9.94. The van der Waals surface area contributed by atoms with E-state index in [1.165, 1.54) is 24.1 Å². The molecule has 0 aliphatic carbocycles. The first kappa shape index (κ1) is 22.6. The number of carbonyl (C=O) groups excluding carboxylic acids is 1. The van der Waals surface area contributed by atoms with Crippen LogP contribution in [-0.4, -0.2) is 23.3 Å². The number of halogens is 2. The van der Waals surface area contributed by atoms with Crippen LogP contribution in [0.25, 0.3) is 17.0 Å². The van der Waals surface area contributed by atoms with Gasteiger partial charge in [0.25, 0.3) is 5.89 Å². The SMILES string of the molecule is COc1ccc(N2C(=O)NC(c3ccccc3)C(c3nc(-c4cccc(F)c4)no3)=C2C)cc1Cl. The number of hydrogen-bond donors (Lipinski definition) is 1. The molecule has 176 valence electrons. The third-order valence-corrected chi connectivity index (χ3v) is 6.05. The minimum Gasteiger partial charge on any atom is -0.495 e. The number of aromatic nitrogens is 2. The van der Waals surface area contributed by atoms with E-state index in [9.17, 15) is 9.18 Å². The largest absolute Gasteiger partial charge is 0.495 e. The number of urea groups is 1. The van der Waals surface area contributed by atoms with Gasteiger partial charge in [0.15, 0.2) is 0 Å². The summed E-state index contributed by atoms with van der Waals surface area (Å²) in [7, 11) is 1.52. The molecule has 2 amide bonds. The predicted molar refractivity (Wildman–Crippen MR) is 130 cm³/mol. The third-order valence-electron chi connectivity index (χ3n) is 5.75. The first-order valence-corrected chi connectivity index (χ1v) is 11.1. The van der Waals surface area contributed by atoms with Crippen LogP contribution in [0.3, 0.4) is 0 Å². The minimum absolute atomic E-state index is 0.209. The van der Waals surface area contributed by atoms with Crippen molar-refractivity contribution in [2.75, 3.05) is 12.0 Å². The van der Waals surface area contributed by atoms with Gasteiger partial charge < -0.3 is 14.6 Å². The molecule has 7 nitrogen and oxygen atoms in total. The first-order chi connectivity index (χ1) is 17.0. The zero-order chi connectivity index (χ0) is 24.5. The first-order valence-electron chi connectivity index (χ1n) is 10.8. The molecule has 0 saturated heterocycles. The number of methoxy groups -OCH3 is 1.